The summed E-state index contributed by atoms with van der Waals surface area (Å²) in [6, 6.07) is 1.48. The average molecular weight is 239 g/mol. The summed E-state index contributed by atoms with van der Waals surface area (Å²) in [5.74, 6) is 0. The number of piperidine rings is 1. The van der Waals surface area contributed by atoms with Crippen LogP contribution in [0.4, 0.5) is 0 Å². The van der Waals surface area contributed by atoms with Gasteiger partial charge in [0.05, 0.1) is 0 Å². The van der Waals surface area contributed by atoms with Gasteiger partial charge in [-0.15, -0.1) is 0 Å². The molecule has 0 saturated carbocycles. The van der Waals surface area contributed by atoms with Gasteiger partial charge in [-0.05, 0) is 52.6 Å². The molecule has 0 aromatic heterocycles. The Balaban J connectivity index is 2.20. The van der Waals surface area contributed by atoms with Gasteiger partial charge < -0.3 is 10.6 Å². The molecule has 2 N–H and O–H groups in total. The van der Waals surface area contributed by atoms with Crippen LogP contribution in [0.5, 0.6) is 0 Å². The minimum atomic E-state index is 0.254. The lowest BCUT2D eigenvalue weighted by Gasteiger charge is -2.51. The number of likely N-dealkylation sites (N-methyl/N-ethyl adjacent to an activating group) is 1. The summed E-state index contributed by atoms with van der Waals surface area (Å²) in [6.45, 7) is 7.93. The SMILES string of the molecule is CCC1CCC(C)N1C1(CN)CCCN(C)C1. The molecule has 2 rings (SSSR count). The van der Waals surface area contributed by atoms with E-state index >= 15 is 0 Å². The van der Waals surface area contributed by atoms with Crippen LogP contribution in [0.25, 0.3) is 0 Å². The number of nitrogens with zero attached hydrogens (tertiary/aromatic N) is 2. The van der Waals surface area contributed by atoms with Crippen LogP contribution in [0, 0.1) is 0 Å². The van der Waals surface area contributed by atoms with E-state index in [4.69, 9.17) is 5.73 Å². The first-order chi connectivity index (χ1) is 8.13. The summed E-state index contributed by atoms with van der Waals surface area (Å²) in [5, 5.41) is 0. The van der Waals surface area contributed by atoms with Crippen LogP contribution >= 0.6 is 0 Å². The molecule has 0 radical (unpaired) electrons. The molecule has 0 spiro atoms. The number of rotatable bonds is 3. The zero-order chi connectivity index (χ0) is 12.5. The van der Waals surface area contributed by atoms with Crippen LogP contribution in [0.2, 0.25) is 0 Å². The Bertz CT molecular complexity index is 256. The van der Waals surface area contributed by atoms with Crippen molar-refractivity contribution in [2.45, 2.75) is 63.6 Å². The maximum atomic E-state index is 6.19. The Labute approximate surface area is 106 Å². The molecule has 17 heavy (non-hydrogen) atoms. The molecule has 2 heterocycles. The maximum absolute atomic E-state index is 6.19. The van der Waals surface area contributed by atoms with E-state index in [9.17, 15) is 0 Å². The number of hydrogen-bond donors (Lipinski definition) is 1. The van der Waals surface area contributed by atoms with Crippen LogP contribution in [0.15, 0.2) is 0 Å². The molecule has 0 aromatic rings. The van der Waals surface area contributed by atoms with Crippen molar-refractivity contribution in [1.29, 1.82) is 0 Å². The third-order valence-corrected chi connectivity index (χ3v) is 4.93. The molecular weight excluding hydrogens is 210 g/mol. The Hall–Kier alpha value is -0.120. The predicted octanol–water partition coefficient (Wildman–Crippen LogP) is 1.67. The molecule has 0 amide bonds. The summed E-state index contributed by atoms with van der Waals surface area (Å²) >= 11 is 0. The predicted molar refractivity (Wildman–Crippen MR) is 73.1 cm³/mol. The highest BCUT2D eigenvalue weighted by atomic mass is 15.3. The quantitative estimate of drug-likeness (QED) is 0.813. The van der Waals surface area contributed by atoms with Crippen molar-refractivity contribution in [3.05, 3.63) is 0 Å². The third kappa shape index (κ3) is 2.38. The summed E-state index contributed by atoms with van der Waals surface area (Å²) in [6.07, 6.45) is 6.57. The number of likely N-dealkylation sites (tertiary alicyclic amines) is 2. The van der Waals surface area contributed by atoms with Gasteiger partial charge in [0.25, 0.3) is 0 Å². The Morgan fingerprint density at radius 2 is 2.12 bits per heavy atom. The second-order valence-corrected chi connectivity index (χ2v) is 6.17. The van der Waals surface area contributed by atoms with E-state index in [0.29, 0.717) is 0 Å². The first-order valence-corrected chi connectivity index (χ1v) is 7.30. The second-order valence-electron chi connectivity index (χ2n) is 6.17. The fourth-order valence-corrected chi connectivity index (χ4v) is 4.15. The average Bonchev–Trinajstić information content (AvgIpc) is 2.71. The van der Waals surface area contributed by atoms with Crippen molar-refractivity contribution in [3.63, 3.8) is 0 Å². The van der Waals surface area contributed by atoms with Crippen LogP contribution in [0.1, 0.15) is 46.0 Å². The largest absolute Gasteiger partial charge is 0.329 e. The molecular formula is C14H29N3. The highest BCUT2D eigenvalue weighted by Gasteiger charge is 2.46. The van der Waals surface area contributed by atoms with E-state index in [1.165, 1.54) is 38.6 Å². The first-order valence-electron chi connectivity index (χ1n) is 7.30. The van der Waals surface area contributed by atoms with Gasteiger partial charge in [0.1, 0.15) is 0 Å². The van der Waals surface area contributed by atoms with Crippen molar-refractivity contribution >= 4 is 0 Å². The normalized spacial score (nSPS) is 40.9. The molecule has 3 heteroatoms. The van der Waals surface area contributed by atoms with Gasteiger partial charge in [0.15, 0.2) is 0 Å². The first kappa shape index (κ1) is 13.3. The zero-order valence-electron chi connectivity index (χ0n) is 11.8. The lowest BCUT2D eigenvalue weighted by molar-refractivity contribution is -0.00651. The zero-order valence-corrected chi connectivity index (χ0v) is 11.8. The number of nitrogens with two attached hydrogens (primary N) is 1. The lowest BCUT2D eigenvalue weighted by atomic mass is 9.85. The van der Waals surface area contributed by atoms with Crippen molar-refractivity contribution in [2.24, 2.45) is 5.73 Å². The fraction of sp³-hybridized carbons (Fsp3) is 1.00. The Kier molecular flexibility index (Phi) is 4.11. The molecule has 0 aliphatic carbocycles. The molecule has 2 fully saturated rings. The molecule has 3 unspecified atom stereocenters. The van der Waals surface area contributed by atoms with Crippen molar-refractivity contribution in [2.75, 3.05) is 26.7 Å². The molecule has 0 bridgehead atoms. The van der Waals surface area contributed by atoms with E-state index in [-0.39, 0.29) is 5.54 Å². The molecule has 2 aliphatic rings. The van der Waals surface area contributed by atoms with Crippen LogP contribution in [-0.4, -0.2) is 54.1 Å². The van der Waals surface area contributed by atoms with Crippen LogP contribution in [-0.2, 0) is 0 Å². The Morgan fingerprint density at radius 3 is 2.71 bits per heavy atom. The second kappa shape index (κ2) is 5.25. The minimum Gasteiger partial charge on any atom is -0.329 e. The van der Waals surface area contributed by atoms with Gasteiger partial charge in [0.2, 0.25) is 0 Å². The summed E-state index contributed by atoms with van der Waals surface area (Å²) in [4.78, 5) is 5.25. The molecule has 3 nitrogen and oxygen atoms in total. The molecule has 0 aromatic carbocycles. The van der Waals surface area contributed by atoms with Crippen LogP contribution in [0.3, 0.4) is 0 Å². The van der Waals surface area contributed by atoms with Crippen LogP contribution < -0.4 is 5.73 Å². The monoisotopic (exact) mass is 239 g/mol. The van der Waals surface area contributed by atoms with E-state index in [2.05, 4.69) is 30.7 Å². The molecule has 3 atom stereocenters. The van der Waals surface area contributed by atoms with E-state index < -0.39 is 0 Å². The van der Waals surface area contributed by atoms with Gasteiger partial charge in [-0.3, -0.25) is 4.90 Å². The number of hydrogen-bond acceptors (Lipinski definition) is 3. The van der Waals surface area contributed by atoms with Gasteiger partial charge in [-0.1, -0.05) is 6.92 Å². The summed E-state index contributed by atoms with van der Waals surface area (Å²) in [5.41, 5.74) is 6.44. The maximum Gasteiger partial charge on any atom is 0.0464 e. The molecule has 100 valence electrons. The van der Waals surface area contributed by atoms with Gasteiger partial charge >= 0.3 is 0 Å². The minimum absolute atomic E-state index is 0.254. The third-order valence-electron chi connectivity index (χ3n) is 4.93. The van der Waals surface area contributed by atoms with E-state index in [1.807, 2.05) is 0 Å². The van der Waals surface area contributed by atoms with Crippen molar-refractivity contribution in [1.82, 2.24) is 9.80 Å². The summed E-state index contributed by atoms with van der Waals surface area (Å²) < 4.78 is 0. The lowest BCUT2D eigenvalue weighted by Crippen LogP contribution is -2.64. The van der Waals surface area contributed by atoms with Crippen molar-refractivity contribution in [3.8, 4) is 0 Å². The van der Waals surface area contributed by atoms with Gasteiger partial charge in [-0.25, -0.2) is 0 Å². The summed E-state index contributed by atoms with van der Waals surface area (Å²) in [7, 11) is 2.24. The highest BCUT2D eigenvalue weighted by Crippen LogP contribution is 2.37. The van der Waals surface area contributed by atoms with Gasteiger partial charge in [-0.2, -0.15) is 0 Å². The molecule has 2 saturated heterocycles. The topological polar surface area (TPSA) is 32.5 Å². The van der Waals surface area contributed by atoms with E-state index in [0.717, 1.165) is 25.2 Å². The fourth-order valence-electron chi connectivity index (χ4n) is 4.15. The highest BCUT2D eigenvalue weighted by molar-refractivity contribution is 5.03. The van der Waals surface area contributed by atoms with Gasteiger partial charge in [0, 0.05) is 30.7 Å². The van der Waals surface area contributed by atoms with Crippen molar-refractivity contribution < 1.29 is 0 Å². The molecule has 2 aliphatic heterocycles. The Morgan fingerprint density at radius 1 is 1.35 bits per heavy atom. The van der Waals surface area contributed by atoms with E-state index in [1.54, 1.807) is 0 Å². The smallest absolute Gasteiger partial charge is 0.0464 e. The standard InChI is InChI=1S/C14H29N3/c1-4-13-7-6-12(2)17(13)14(10-15)8-5-9-16(3)11-14/h12-13H,4-11,15H2,1-3H3.